The average molecular weight is 245 g/mol. The van der Waals surface area contributed by atoms with E-state index < -0.39 is 0 Å². The van der Waals surface area contributed by atoms with Crippen molar-refractivity contribution >= 4 is 11.7 Å². The first-order valence-corrected chi connectivity index (χ1v) is 5.64. The second-order valence-corrected chi connectivity index (χ2v) is 4.01. The summed E-state index contributed by atoms with van der Waals surface area (Å²) in [7, 11) is 1.38. The third-order valence-corrected chi connectivity index (χ3v) is 2.72. The van der Waals surface area contributed by atoms with Gasteiger partial charge in [-0.15, -0.1) is 0 Å². The second-order valence-electron chi connectivity index (χ2n) is 4.01. The highest BCUT2D eigenvalue weighted by atomic mass is 16.5. The summed E-state index contributed by atoms with van der Waals surface area (Å²) < 4.78 is 9.70. The van der Waals surface area contributed by atoms with Gasteiger partial charge < -0.3 is 14.5 Å². The van der Waals surface area contributed by atoms with Crippen molar-refractivity contribution in [3.05, 3.63) is 53.5 Å². The first kappa shape index (κ1) is 12.2. The average Bonchev–Trinajstić information content (AvgIpc) is 2.90. The lowest BCUT2D eigenvalue weighted by Crippen LogP contribution is -2.05. The van der Waals surface area contributed by atoms with Crippen LogP contribution in [0.1, 0.15) is 21.5 Å². The summed E-state index contributed by atoms with van der Waals surface area (Å²) in [6.07, 6.45) is 3.32. The maximum Gasteiger partial charge on any atom is 0.337 e. The third kappa shape index (κ3) is 2.71. The van der Waals surface area contributed by atoms with Gasteiger partial charge in [0.15, 0.2) is 0 Å². The zero-order valence-electron chi connectivity index (χ0n) is 10.4. The molecule has 1 aromatic carbocycles. The minimum atomic E-state index is -0.332. The molecule has 0 radical (unpaired) electrons. The number of carbonyl (C=O) groups excluding carboxylic acids is 1. The first-order chi connectivity index (χ1) is 8.70. The van der Waals surface area contributed by atoms with Gasteiger partial charge in [-0.2, -0.15) is 0 Å². The quantitative estimate of drug-likeness (QED) is 0.841. The normalized spacial score (nSPS) is 10.1. The van der Waals surface area contributed by atoms with E-state index in [1.807, 2.05) is 19.1 Å². The van der Waals surface area contributed by atoms with E-state index in [4.69, 9.17) is 9.15 Å². The molecule has 0 unspecified atom stereocenters. The lowest BCUT2D eigenvalue weighted by molar-refractivity contribution is 0.0601. The van der Waals surface area contributed by atoms with Crippen LogP contribution in [-0.4, -0.2) is 13.1 Å². The molecule has 18 heavy (non-hydrogen) atoms. The molecule has 1 aromatic heterocycles. The molecule has 0 saturated heterocycles. The molecule has 0 amide bonds. The number of methoxy groups -OCH3 is 1. The van der Waals surface area contributed by atoms with Crippen LogP contribution in [-0.2, 0) is 11.3 Å². The van der Waals surface area contributed by atoms with Crippen molar-refractivity contribution < 1.29 is 13.9 Å². The monoisotopic (exact) mass is 245 g/mol. The van der Waals surface area contributed by atoms with E-state index in [1.165, 1.54) is 7.11 Å². The largest absolute Gasteiger partial charge is 0.472 e. The van der Waals surface area contributed by atoms with Gasteiger partial charge in [0.05, 0.1) is 25.2 Å². The summed E-state index contributed by atoms with van der Waals surface area (Å²) in [5.74, 6) is -0.332. The maximum absolute atomic E-state index is 11.4. The van der Waals surface area contributed by atoms with Gasteiger partial charge in [0.1, 0.15) is 0 Å². The van der Waals surface area contributed by atoms with Crippen molar-refractivity contribution in [3.8, 4) is 0 Å². The molecule has 1 heterocycles. The minimum absolute atomic E-state index is 0.332. The molecule has 0 fully saturated rings. The topological polar surface area (TPSA) is 51.5 Å². The van der Waals surface area contributed by atoms with Crippen molar-refractivity contribution in [2.45, 2.75) is 13.5 Å². The van der Waals surface area contributed by atoms with Gasteiger partial charge in [-0.3, -0.25) is 0 Å². The van der Waals surface area contributed by atoms with Crippen molar-refractivity contribution in [1.82, 2.24) is 0 Å². The molecule has 2 rings (SSSR count). The first-order valence-electron chi connectivity index (χ1n) is 5.64. The molecule has 4 heteroatoms. The molecule has 0 saturated carbocycles. The highest BCUT2D eigenvalue weighted by molar-refractivity contribution is 5.90. The Morgan fingerprint density at radius 1 is 1.39 bits per heavy atom. The molecule has 0 aliphatic rings. The SMILES string of the molecule is COC(=O)c1ccc(C)c(NCc2ccoc2)c1. The van der Waals surface area contributed by atoms with E-state index in [-0.39, 0.29) is 5.97 Å². The van der Waals surface area contributed by atoms with Crippen LogP contribution in [0.3, 0.4) is 0 Å². The Balaban J connectivity index is 2.13. The molecule has 0 aliphatic carbocycles. The number of anilines is 1. The number of ether oxygens (including phenoxy) is 1. The van der Waals surface area contributed by atoms with E-state index in [9.17, 15) is 4.79 Å². The maximum atomic E-state index is 11.4. The molecule has 0 aliphatic heterocycles. The number of aryl methyl sites for hydroxylation is 1. The van der Waals surface area contributed by atoms with Crippen LogP contribution in [0.5, 0.6) is 0 Å². The van der Waals surface area contributed by atoms with Gasteiger partial charge in [-0.05, 0) is 30.7 Å². The Bertz CT molecular complexity index is 532. The fraction of sp³-hybridized carbons (Fsp3) is 0.214. The van der Waals surface area contributed by atoms with E-state index >= 15 is 0 Å². The fourth-order valence-electron chi connectivity index (χ4n) is 1.65. The number of nitrogens with one attached hydrogen (secondary N) is 1. The van der Waals surface area contributed by atoms with Crippen molar-refractivity contribution in [2.75, 3.05) is 12.4 Å². The van der Waals surface area contributed by atoms with Crippen molar-refractivity contribution in [3.63, 3.8) is 0 Å². The second kappa shape index (κ2) is 5.40. The summed E-state index contributed by atoms with van der Waals surface area (Å²) in [5.41, 5.74) is 3.58. The van der Waals surface area contributed by atoms with E-state index in [0.29, 0.717) is 12.1 Å². The van der Waals surface area contributed by atoms with Crippen LogP contribution in [0, 0.1) is 6.92 Å². The van der Waals surface area contributed by atoms with Gasteiger partial charge in [-0.25, -0.2) is 4.79 Å². The Morgan fingerprint density at radius 2 is 2.22 bits per heavy atom. The zero-order chi connectivity index (χ0) is 13.0. The van der Waals surface area contributed by atoms with Gasteiger partial charge in [-0.1, -0.05) is 6.07 Å². The van der Waals surface area contributed by atoms with Crippen LogP contribution in [0.4, 0.5) is 5.69 Å². The predicted molar refractivity (Wildman–Crippen MR) is 68.6 cm³/mol. The van der Waals surface area contributed by atoms with Crippen LogP contribution < -0.4 is 5.32 Å². The van der Waals surface area contributed by atoms with Gasteiger partial charge >= 0.3 is 5.97 Å². The Hall–Kier alpha value is -2.23. The van der Waals surface area contributed by atoms with Gasteiger partial charge in [0.2, 0.25) is 0 Å². The number of benzene rings is 1. The molecular weight excluding hydrogens is 230 g/mol. The van der Waals surface area contributed by atoms with E-state index in [1.54, 1.807) is 24.7 Å². The number of carbonyl (C=O) groups is 1. The summed E-state index contributed by atoms with van der Waals surface area (Å²) in [5, 5.41) is 3.27. The molecule has 2 aromatic rings. The molecule has 4 nitrogen and oxygen atoms in total. The van der Waals surface area contributed by atoms with Crippen molar-refractivity contribution in [1.29, 1.82) is 0 Å². The molecule has 0 bridgehead atoms. The number of rotatable bonds is 4. The molecule has 0 spiro atoms. The van der Waals surface area contributed by atoms with Crippen LogP contribution in [0.15, 0.2) is 41.2 Å². The fourth-order valence-corrected chi connectivity index (χ4v) is 1.65. The summed E-state index contributed by atoms with van der Waals surface area (Å²) in [6, 6.07) is 7.34. The predicted octanol–water partition coefficient (Wildman–Crippen LogP) is 2.99. The smallest absolute Gasteiger partial charge is 0.337 e. The highest BCUT2D eigenvalue weighted by Gasteiger charge is 2.07. The van der Waals surface area contributed by atoms with E-state index in [0.717, 1.165) is 16.8 Å². The zero-order valence-corrected chi connectivity index (χ0v) is 10.4. The summed E-state index contributed by atoms with van der Waals surface area (Å²) in [6.45, 7) is 2.64. The molecule has 94 valence electrons. The number of hydrogen-bond donors (Lipinski definition) is 1. The summed E-state index contributed by atoms with van der Waals surface area (Å²) >= 11 is 0. The van der Waals surface area contributed by atoms with Crippen LogP contribution >= 0.6 is 0 Å². The lowest BCUT2D eigenvalue weighted by atomic mass is 10.1. The lowest BCUT2D eigenvalue weighted by Gasteiger charge is -2.10. The Kier molecular flexibility index (Phi) is 3.67. The molecule has 0 atom stereocenters. The van der Waals surface area contributed by atoms with Gasteiger partial charge in [0, 0.05) is 17.8 Å². The van der Waals surface area contributed by atoms with Crippen LogP contribution in [0.2, 0.25) is 0 Å². The van der Waals surface area contributed by atoms with E-state index in [2.05, 4.69) is 5.32 Å². The Morgan fingerprint density at radius 3 is 2.89 bits per heavy atom. The molecule has 1 N–H and O–H groups in total. The number of furan rings is 1. The highest BCUT2D eigenvalue weighted by Crippen LogP contribution is 2.18. The summed E-state index contributed by atoms with van der Waals surface area (Å²) in [4.78, 5) is 11.4. The Labute approximate surface area is 106 Å². The van der Waals surface area contributed by atoms with Gasteiger partial charge in [0.25, 0.3) is 0 Å². The van der Waals surface area contributed by atoms with Crippen molar-refractivity contribution in [2.24, 2.45) is 0 Å². The molecular formula is C14H15NO3. The number of esters is 1. The standard InChI is InChI=1S/C14H15NO3/c1-10-3-4-12(14(16)17-2)7-13(10)15-8-11-5-6-18-9-11/h3-7,9,15H,8H2,1-2H3. The minimum Gasteiger partial charge on any atom is -0.472 e. The number of hydrogen-bond acceptors (Lipinski definition) is 4. The third-order valence-electron chi connectivity index (χ3n) is 2.72. The van der Waals surface area contributed by atoms with Crippen LogP contribution in [0.25, 0.3) is 0 Å².